The number of aromatic nitrogens is 4. The number of amides is 1. The van der Waals surface area contributed by atoms with E-state index in [0.29, 0.717) is 17.4 Å². The highest BCUT2D eigenvalue weighted by atomic mass is 32.2. The Morgan fingerprint density at radius 1 is 1.25 bits per heavy atom. The SMILES string of the molecule is COC(=O)/C=C1/S/C(=N\N=Cc2ccc(Oc3cc(-n4cccn4)ncn3)cc2)NC1=O. The smallest absolute Gasteiger partial charge is 0.331 e. The van der Waals surface area contributed by atoms with Crippen molar-refractivity contribution in [3.8, 4) is 17.4 Å². The van der Waals surface area contributed by atoms with E-state index < -0.39 is 11.9 Å². The molecular formula is C20H15N7O4S. The number of nitrogens with one attached hydrogen (secondary N) is 1. The molecule has 0 unspecified atom stereocenters. The summed E-state index contributed by atoms with van der Waals surface area (Å²) in [7, 11) is 1.23. The molecule has 0 bridgehead atoms. The highest BCUT2D eigenvalue weighted by molar-refractivity contribution is 8.18. The fourth-order valence-corrected chi connectivity index (χ4v) is 3.19. The Labute approximate surface area is 185 Å². The van der Waals surface area contributed by atoms with Crippen LogP contribution in [0.2, 0.25) is 0 Å². The number of methoxy groups -OCH3 is 1. The van der Waals surface area contributed by atoms with E-state index in [4.69, 9.17) is 4.74 Å². The molecule has 0 radical (unpaired) electrons. The van der Waals surface area contributed by atoms with E-state index in [1.54, 1.807) is 53.5 Å². The lowest BCUT2D eigenvalue weighted by atomic mass is 10.2. The summed E-state index contributed by atoms with van der Waals surface area (Å²) in [5, 5.41) is 14.8. The van der Waals surface area contributed by atoms with Crippen LogP contribution < -0.4 is 10.1 Å². The Kier molecular flexibility index (Phi) is 6.32. The Balaban J connectivity index is 1.37. The maximum Gasteiger partial charge on any atom is 0.331 e. The molecule has 1 N–H and O–H groups in total. The molecule has 11 nitrogen and oxygen atoms in total. The van der Waals surface area contributed by atoms with Gasteiger partial charge in [0.2, 0.25) is 5.88 Å². The molecule has 0 atom stereocenters. The van der Waals surface area contributed by atoms with Crippen molar-refractivity contribution in [2.75, 3.05) is 7.11 Å². The van der Waals surface area contributed by atoms with E-state index in [2.05, 4.69) is 35.3 Å². The molecule has 32 heavy (non-hydrogen) atoms. The van der Waals surface area contributed by atoms with Crippen LogP contribution in [0.3, 0.4) is 0 Å². The second-order valence-corrected chi connectivity index (χ2v) is 7.10. The highest BCUT2D eigenvalue weighted by Crippen LogP contribution is 2.23. The average molecular weight is 449 g/mol. The number of benzene rings is 1. The van der Waals surface area contributed by atoms with Gasteiger partial charge in [0.05, 0.1) is 18.2 Å². The van der Waals surface area contributed by atoms with Crippen LogP contribution in [-0.4, -0.2) is 50.1 Å². The maximum atomic E-state index is 11.8. The first-order valence-corrected chi connectivity index (χ1v) is 9.92. The third-order valence-corrected chi connectivity index (χ3v) is 4.83. The first kappa shape index (κ1) is 20.9. The molecule has 1 fully saturated rings. The molecule has 0 saturated carbocycles. The zero-order valence-corrected chi connectivity index (χ0v) is 17.4. The molecule has 1 aromatic carbocycles. The summed E-state index contributed by atoms with van der Waals surface area (Å²) in [5.74, 6) is 0.493. The molecule has 4 rings (SSSR count). The summed E-state index contributed by atoms with van der Waals surface area (Å²) >= 11 is 0.999. The number of thioether (sulfide) groups is 1. The summed E-state index contributed by atoms with van der Waals surface area (Å²) in [6, 6.07) is 10.6. The molecule has 3 aromatic rings. The van der Waals surface area contributed by atoms with Crippen LogP contribution in [0.5, 0.6) is 11.6 Å². The van der Waals surface area contributed by atoms with Gasteiger partial charge in [-0.25, -0.2) is 19.4 Å². The van der Waals surface area contributed by atoms with Crippen molar-refractivity contribution in [2.24, 2.45) is 10.2 Å². The number of ether oxygens (including phenoxy) is 2. The van der Waals surface area contributed by atoms with Crippen LogP contribution in [0, 0.1) is 0 Å². The number of amidine groups is 1. The van der Waals surface area contributed by atoms with E-state index in [9.17, 15) is 9.59 Å². The van der Waals surface area contributed by atoms with Crippen LogP contribution in [0.25, 0.3) is 5.82 Å². The minimum absolute atomic E-state index is 0.188. The number of hydrogen-bond acceptors (Lipinski definition) is 10. The van der Waals surface area contributed by atoms with Crippen molar-refractivity contribution in [1.82, 2.24) is 25.1 Å². The Morgan fingerprint density at radius 3 is 2.84 bits per heavy atom. The maximum absolute atomic E-state index is 11.8. The van der Waals surface area contributed by atoms with Crippen LogP contribution in [0.4, 0.5) is 0 Å². The van der Waals surface area contributed by atoms with Gasteiger partial charge in [0.15, 0.2) is 11.0 Å². The minimum atomic E-state index is -0.616. The quantitative estimate of drug-likeness (QED) is 0.262. The molecule has 0 aliphatic carbocycles. The molecule has 2 aromatic heterocycles. The second kappa shape index (κ2) is 9.66. The Morgan fingerprint density at radius 2 is 2.09 bits per heavy atom. The van der Waals surface area contributed by atoms with Crippen molar-refractivity contribution < 1.29 is 19.1 Å². The molecule has 160 valence electrons. The third-order valence-electron chi connectivity index (χ3n) is 3.93. The lowest BCUT2D eigenvalue weighted by Gasteiger charge is -2.06. The van der Waals surface area contributed by atoms with Crippen LogP contribution in [0.15, 0.2) is 76.3 Å². The molecule has 0 spiro atoms. The second-order valence-electron chi connectivity index (χ2n) is 6.07. The van der Waals surface area contributed by atoms with E-state index in [1.807, 2.05) is 0 Å². The topological polar surface area (TPSA) is 133 Å². The number of rotatable bonds is 6. The van der Waals surface area contributed by atoms with Gasteiger partial charge >= 0.3 is 5.97 Å². The first-order valence-electron chi connectivity index (χ1n) is 9.10. The normalized spacial score (nSPS) is 16.0. The van der Waals surface area contributed by atoms with Gasteiger partial charge in [-0.1, -0.05) is 0 Å². The van der Waals surface area contributed by atoms with Crippen molar-refractivity contribution >= 4 is 35.0 Å². The van der Waals surface area contributed by atoms with E-state index in [1.165, 1.54) is 19.7 Å². The zero-order chi connectivity index (χ0) is 22.3. The van der Waals surface area contributed by atoms with Crippen molar-refractivity contribution in [3.05, 3.63) is 71.7 Å². The standard InChI is InChI=1S/C20H15N7O4S/c1-30-18(28)9-15-19(29)25-20(32-15)26-23-11-13-3-5-14(6-4-13)31-17-10-16(21-12-22-17)27-8-2-7-24-27/h2-12H,1H3,(H,25,26,29)/b15-9+,23-11?. The van der Waals surface area contributed by atoms with Crippen molar-refractivity contribution in [1.29, 1.82) is 0 Å². The van der Waals surface area contributed by atoms with Gasteiger partial charge in [0.1, 0.15) is 12.1 Å². The van der Waals surface area contributed by atoms with Gasteiger partial charge in [-0.15, -0.1) is 5.10 Å². The predicted octanol–water partition coefficient (Wildman–Crippen LogP) is 2.06. The molecule has 1 saturated heterocycles. The summed E-state index contributed by atoms with van der Waals surface area (Å²) in [6.07, 6.45) is 7.45. The minimum Gasteiger partial charge on any atom is -0.466 e. The molecule has 1 aliphatic heterocycles. The van der Waals surface area contributed by atoms with Gasteiger partial charge in [0.25, 0.3) is 5.91 Å². The van der Waals surface area contributed by atoms with Crippen molar-refractivity contribution in [3.63, 3.8) is 0 Å². The largest absolute Gasteiger partial charge is 0.466 e. The van der Waals surface area contributed by atoms with Crippen LogP contribution >= 0.6 is 11.8 Å². The summed E-state index contributed by atoms with van der Waals surface area (Å²) in [6.45, 7) is 0. The average Bonchev–Trinajstić information content (AvgIpc) is 3.46. The lowest BCUT2D eigenvalue weighted by Crippen LogP contribution is -2.19. The summed E-state index contributed by atoms with van der Waals surface area (Å²) < 4.78 is 11.9. The highest BCUT2D eigenvalue weighted by Gasteiger charge is 2.24. The fraction of sp³-hybridized carbons (Fsp3) is 0.0500. The Bertz CT molecular complexity index is 1220. The van der Waals surface area contributed by atoms with Crippen LogP contribution in [-0.2, 0) is 14.3 Å². The van der Waals surface area contributed by atoms with Gasteiger partial charge in [-0.05, 0) is 47.7 Å². The number of nitrogens with zero attached hydrogens (tertiary/aromatic N) is 6. The molecule has 12 heteroatoms. The molecule has 1 aliphatic rings. The zero-order valence-electron chi connectivity index (χ0n) is 16.6. The van der Waals surface area contributed by atoms with E-state index >= 15 is 0 Å². The van der Waals surface area contributed by atoms with Gasteiger partial charge in [-0.3, -0.25) is 10.1 Å². The van der Waals surface area contributed by atoms with Crippen molar-refractivity contribution in [2.45, 2.75) is 0 Å². The molecular weight excluding hydrogens is 434 g/mol. The summed E-state index contributed by atoms with van der Waals surface area (Å²) in [5.41, 5.74) is 0.765. The van der Waals surface area contributed by atoms with E-state index in [-0.39, 0.29) is 10.1 Å². The molecule has 1 amide bonds. The monoisotopic (exact) mass is 449 g/mol. The number of hydrogen-bond donors (Lipinski definition) is 1. The first-order chi connectivity index (χ1) is 15.6. The number of carbonyl (C=O) groups is 2. The summed E-state index contributed by atoms with van der Waals surface area (Å²) in [4.78, 5) is 31.5. The van der Waals surface area contributed by atoms with Crippen LogP contribution in [0.1, 0.15) is 5.56 Å². The van der Waals surface area contributed by atoms with Gasteiger partial charge in [-0.2, -0.15) is 10.2 Å². The predicted molar refractivity (Wildman–Crippen MR) is 117 cm³/mol. The number of carbonyl (C=O) groups excluding carboxylic acids is 2. The van der Waals surface area contributed by atoms with E-state index in [0.717, 1.165) is 23.4 Å². The third kappa shape index (κ3) is 5.23. The number of esters is 1. The molecule has 3 heterocycles. The van der Waals surface area contributed by atoms with Gasteiger partial charge in [0, 0.05) is 24.5 Å². The Hall–Kier alpha value is -4.32. The fourth-order valence-electron chi connectivity index (χ4n) is 2.45. The van der Waals surface area contributed by atoms with Gasteiger partial charge < -0.3 is 9.47 Å². The lowest BCUT2D eigenvalue weighted by molar-refractivity contribution is -0.135.